The Hall–Kier alpha value is -0.960. The van der Waals surface area contributed by atoms with Crippen LogP contribution in [0.15, 0.2) is 36.4 Å². The van der Waals surface area contributed by atoms with E-state index >= 15 is 0 Å². The smallest absolute Gasteiger partial charge is 0.0934 e. The fourth-order valence-corrected chi connectivity index (χ4v) is 1.75. The van der Waals surface area contributed by atoms with Gasteiger partial charge in [-0.2, -0.15) is 0 Å². The molecule has 2 nitrogen and oxygen atoms in total. The zero-order valence-electron chi connectivity index (χ0n) is 10.3. The van der Waals surface area contributed by atoms with E-state index in [2.05, 4.69) is 31.5 Å². The summed E-state index contributed by atoms with van der Waals surface area (Å²) in [7, 11) is 0. The van der Waals surface area contributed by atoms with Gasteiger partial charge in [-0.15, -0.1) is 0 Å². The second-order valence-electron chi connectivity index (χ2n) is 3.83. The molecule has 0 aromatic heterocycles. The van der Waals surface area contributed by atoms with Crippen LogP contribution in [0.5, 0.6) is 0 Å². The van der Waals surface area contributed by atoms with Gasteiger partial charge in [-0.1, -0.05) is 37.9 Å². The van der Waals surface area contributed by atoms with Crippen molar-refractivity contribution in [3.63, 3.8) is 0 Å². The Kier molecular flexibility index (Phi) is 8.72. The lowest BCUT2D eigenvalue weighted by molar-refractivity contribution is 0.594. The molecular formula is C13H22N2S. The highest BCUT2D eigenvalue weighted by Crippen LogP contribution is 2.14. The van der Waals surface area contributed by atoms with Crippen LogP contribution in [-0.2, 0) is 0 Å². The predicted octanol–water partition coefficient (Wildman–Crippen LogP) is 3.94. The largest absolute Gasteiger partial charge is 0.391 e. The molecule has 0 aliphatic heterocycles. The monoisotopic (exact) mass is 238 g/mol. The van der Waals surface area contributed by atoms with Crippen LogP contribution in [0.3, 0.4) is 0 Å². The Morgan fingerprint density at radius 3 is 2.81 bits per heavy atom. The van der Waals surface area contributed by atoms with Crippen LogP contribution in [0.1, 0.15) is 26.7 Å². The van der Waals surface area contributed by atoms with Gasteiger partial charge in [0.25, 0.3) is 0 Å². The van der Waals surface area contributed by atoms with Crippen LogP contribution in [0, 0.1) is 11.3 Å². The van der Waals surface area contributed by atoms with Crippen LogP contribution in [0.25, 0.3) is 0 Å². The molecule has 0 spiro atoms. The summed E-state index contributed by atoms with van der Waals surface area (Å²) in [5.41, 5.74) is 0.817. The first-order valence-electron chi connectivity index (χ1n) is 5.50. The molecule has 0 aromatic rings. The average molecular weight is 238 g/mol. The third-order valence-corrected chi connectivity index (χ3v) is 2.98. The van der Waals surface area contributed by atoms with Gasteiger partial charge in [0.05, 0.1) is 5.04 Å². The van der Waals surface area contributed by atoms with E-state index in [-0.39, 0.29) is 0 Å². The van der Waals surface area contributed by atoms with Crippen molar-refractivity contribution in [2.75, 3.05) is 6.54 Å². The molecule has 0 aliphatic rings. The van der Waals surface area contributed by atoms with Crippen molar-refractivity contribution in [1.82, 2.24) is 5.32 Å². The van der Waals surface area contributed by atoms with E-state index in [9.17, 15) is 0 Å². The molecule has 90 valence electrons. The molecule has 0 aromatic carbocycles. The summed E-state index contributed by atoms with van der Waals surface area (Å²) >= 11 is 1.43. The van der Waals surface area contributed by atoms with Gasteiger partial charge in [0, 0.05) is 6.54 Å². The summed E-state index contributed by atoms with van der Waals surface area (Å²) in [6.45, 7) is 12.4. The highest BCUT2D eigenvalue weighted by molar-refractivity contribution is 8.16. The lowest BCUT2D eigenvalue weighted by Crippen LogP contribution is -2.07. The molecule has 0 fully saturated rings. The standard InChI is InChI=1S/C13H22N2S/c1-5-15-9-6-7-12(4)8-10-16-13(14)11(2)3/h5,8,10,12,14-15H,1-2,6-7,9H2,3-4H3/b10-8+,14-13?. The molecule has 1 atom stereocenters. The van der Waals surface area contributed by atoms with E-state index < -0.39 is 0 Å². The Morgan fingerprint density at radius 1 is 1.56 bits per heavy atom. The first kappa shape index (κ1) is 15.0. The molecule has 0 rings (SSSR count). The molecule has 16 heavy (non-hydrogen) atoms. The highest BCUT2D eigenvalue weighted by Gasteiger charge is 1.98. The van der Waals surface area contributed by atoms with Gasteiger partial charge in [0.15, 0.2) is 0 Å². The minimum atomic E-state index is 0.539. The summed E-state index contributed by atoms with van der Waals surface area (Å²) in [6.07, 6.45) is 6.17. The summed E-state index contributed by atoms with van der Waals surface area (Å²) in [4.78, 5) is 0. The van der Waals surface area contributed by atoms with E-state index in [1.165, 1.54) is 11.8 Å². The number of hydrogen-bond donors (Lipinski definition) is 2. The van der Waals surface area contributed by atoms with Crippen molar-refractivity contribution >= 4 is 16.8 Å². The maximum Gasteiger partial charge on any atom is 0.0934 e. The number of nitrogens with one attached hydrogen (secondary N) is 2. The Labute approximate surface area is 103 Å². The van der Waals surface area contributed by atoms with Gasteiger partial charge in [0.2, 0.25) is 0 Å². The van der Waals surface area contributed by atoms with E-state index in [1.54, 1.807) is 6.20 Å². The van der Waals surface area contributed by atoms with Gasteiger partial charge < -0.3 is 5.32 Å². The number of thioether (sulfide) groups is 1. The fraction of sp³-hybridized carbons (Fsp3) is 0.462. The van der Waals surface area contributed by atoms with Crippen LogP contribution >= 0.6 is 11.8 Å². The van der Waals surface area contributed by atoms with Crippen molar-refractivity contribution in [2.24, 2.45) is 5.92 Å². The van der Waals surface area contributed by atoms with Gasteiger partial charge in [0.1, 0.15) is 0 Å². The number of hydrogen-bond acceptors (Lipinski definition) is 3. The minimum Gasteiger partial charge on any atom is -0.391 e. The summed E-state index contributed by atoms with van der Waals surface area (Å²) < 4.78 is 0. The molecule has 0 aliphatic carbocycles. The van der Waals surface area contributed by atoms with Gasteiger partial charge in [-0.3, -0.25) is 5.41 Å². The Bertz CT molecular complexity index is 269. The third kappa shape index (κ3) is 8.36. The van der Waals surface area contributed by atoms with Gasteiger partial charge in [-0.05, 0) is 42.9 Å². The quantitative estimate of drug-likeness (QED) is 0.382. The summed E-state index contributed by atoms with van der Waals surface area (Å²) in [5.74, 6) is 0.553. The maximum absolute atomic E-state index is 7.57. The maximum atomic E-state index is 7.57. The number of allylic oxidation sites excluding steroid dienone is 1. The van der Waals surface area contributed by atoms with Crippen molar-refractivity contribution in [3.8, 4) is 0 Å². The van der Waals surface area contributed by atoms with E-state index in [1.807, 2.05) is 12.3 Å². The first-order chi connectivity index (χ1) is 7.57. The fourth-order valence-electron chi connectivity index (χ4n) is 1.07. The molecule has 0 saturated heterocycles. The Balaban J connectivity index is 3.65. The average Bonchev–Trinajstić information content (AvgIpc) is 2.24. The zero-order valence-corrected chi connectivity index (χ0v) is 11.1. The molecule has 1 unspecified atom stereocenters. The second-order valence-corrected chi connectivity index (χ2v) is 4.75. The van der Waals surface area contributed by atoms with Gasteiger partial charge in [-0.25, -0.2) is 0 Å². The minimum absolute atomic E-state index is 0.539. The normalized spacial score (nSPS) is 12.4. The van der Waals surface area contributed by atoms with E-state index in [0.717, 1.165) is 25.0 Å². The molecule has 3 heteroatoms. The van der Waals surface area contributed by atoms with Crippen molar-refractivity contribution in [2.45, 2.75) is 26.7 Å². The molecule has 0 amide bonds. The summed E-state index contributed by atoms with van der Waals surface area (Å²) in [6, 6.07) is 0. The third-order valence-electron chi connectivity index (χ3n) is 2.11. The van der Waals surface area contributed by atoms with Crippen LogP contribution in [0.4, 0.5) is 0 Å². The highest BCUT2D eigenvalue weighted by atomic mass is 32.2. The molecular weight excluding hydrogens is 216 g/mol. The van der Waals surface area contributed by atoms with Crippen LogP contribution < -0.4 is 5.32 Å². The lowest BCUT2D eigenvalue weighted by Gasteiger charge is -2.05. The van der Waals surface area contributed by atoms with Crippen molar-refractivity contribution in [1.29, 1.82) is 5.41 Å². The van der Waals surface area contributed by atoms with Crippen LogP contribution in [-0.4, -0.2) is 11.6 Å². The van der Waals surface area contributed by atoms with Crippen LogP contribution in [0.2, 0.25) is 0 Å². The predicted molar refractivity (Wildman–Crippen MR) is 75.9 cm³/mol. The molecule has 0 saturated carbocycles. The van der Waals surface area contributed by atoms with E-state index in [0.29, 0.717) is 11.0 Å². The lowest BCUT2D eigenvalue weighted by atomic mass is 10.1. The molecule has 0 bridgehead atoms. The Morgan fingerprint density at radius 2 is 2.25 bits per heavy atom. The zero-order chi connectivity index (χ0) is 12.4. The topological polar surface area (TPSA) is 35.9 Å². The second kappa shape index (κ2) is 9.28. The van der Waals surface area contributed by atoms with E-state index in [4.69, 9.17) is 5.41 Å². The first-order valence-corrected chi connectivity index (χ1v) is 6.38. The SMILES string of the molecule is C=CNCCCC(C)/C=C/SC(=N)C(=C)C. The summed E-state index contributed by atoms with van der Waals surface area (Å²) in [5, 5.41) is 13.2. The molecule has 0 heterocycles. The molecule has 0 radical (unpaired) electrons. The number of rotatable bonds is 8. The van der Waals surface area contributed by atoms with Crippen molar-refractivity contribution in [3.05, 3.63) is 36.4 Å². The van der Waals surface area contributed by atoms with Crippen molar-refractivity contribution < 1.29 is 0 Å². The van der Waals surface area contributed by atoms with Gasteiger partial charge >= 0.3 is 0 Å². The molecule has 2 N–H and O–H groups in total.